The lowest BCUT2D eigenvalue weighted by Crippen LogP contribution is -1.97. The number of ether oxygens (including phenoxy) is 1. The molecule has 0 saturated heterocycles. The Balaban J connectivity index is 2.06. The molecule has 1 aliphatic carbocycles. The maximum Gasteiger partial charge on any atom is 0.307 e. The summed E-state index contributed by atoms with van der Waals surface area (Å²) in [7, 11) is 0. The molecule has 4 heteroatoms. The van der Waals surface area contributed by atoms with E-state index in [4.69, 9.17) is 4.74 Å². The van der Waals surface area contributed by atoms with Gasteiger partial charge in [-0.1, -0.05) is 18.2 Å². The van der Waals surface area contributed by atoms with Crippen LogP contribution in [0, 0.1) is 5.82 Å². The van der Waals surface area contributed by atoms with E-state index in [0.717, 1.165) is 28.0 Å². The molecule has 25 heavy (non-hydrogen) atoms. The number of hydrogen-bond acceptors (Lipinski definition) is 2. The van der Waals surface area contributed by atoms with Crippen LogP contribution >= 0.6 is 0 Å². The summed E-state index contributed by atoms with van der Waals surface area (Å²) in [5.41, 5.74) is 4.97. The van der Waals surface area contributed by atoms with E-state index < -0.39 is 5.97 Å². The van der Waals surface area contributed by atoms with Crippen molar-refractivity contribution in [1.29, 1.82) is 0 Å². The summed E-state index contributed by atoms with van der Waals surface area (Å²) in [6, 6.07) is 12.2. The first-order chi connectivity index (χ1) is 12.0. The van der Waals surface area contributed by atoms with Crippen molar-refractivity contribution in [3.8, 4) is 5.75 Å². The van der Waals surface area contributed by atoms with E-state index in [0.29, 0.717) is 17.7 Å². The number of carbonyl (C=O) groups is 1. The van der Waals surface area contributed by atoms with Gasteiger partial charge >= 0.3 is 5.97 Å². The largest absolute Gasteiger partial charge is 0.494 e. The molecule has 1 N–H and O–H groups in total. The fraction of sp³-hybridized carbons (Fsp3) is 0.190. The van der Waals surface area contributed by atoms with Crippen LogP contribution in [0.2, 0.25) is 0 Å². The van der Waals surface area contributed by atoms with Gasteiger partial charge in [-0.15, -0.1) is 0 Å². The topological polar surface area (TPSA) is 46.5 Å². The normalized spacial score (nSPS) is 14.8. The Bertz CT molecular complexity index is 877. The summed E-state index contributed by atoms with van der Waals surface area (Å²) in [6.07, 6.45) is 1.87. The molecule has 0 saturated carbocycles. The monoisotopic (exact) mass is 338 g/mol. The Kier molecular flexibility index (Phi) is 4.70. The second kappa shape index (κ2) is 6.93. The smallest absolute Gasteiger partial charge is 0.307 e. The molecule has 0 atom stereocenters. The molecule has 0 bridgehead atoms. The second-order valence-electron chi connectivity index (χ2n) is 5.92. The van der Waals surface area contributed by atoms with Crippen LogP contribution in [0.3, 0.4) is 0 Å². The van der Waals surface area contributed by atoms with Gasteiger partial charge in [0.05, 0.1) is 13.0 Å². The van der Waals surface area contributed by atoms with Crippen molar-refractivity contribution in [1.82, 2.24) is 0 Å². The molecule has 128 valence electrons. The van der Waals surface area contributed by atoms with Gasteiger partial charge in [-0.2, -0.15) is 0 Å². The van der Waals surface area contributed by atoms with Crippen molar-refractivity contribution < 1.29 is 19.0 Å². The van der Waals surface area contributed by atoms with Gasteiger partial charge in [-0.05, 0) is 77.6 Å². The molecule has 2 aromatic carbocycles. The summed E-state index contributed by atoms with van der Waals surface area (Å²) in [5, 5.41) is 9.18. The molecule has 0 amide bonds. The van der Waals surface area contributed by atoms with Crippen molar-refractivity contribution in [2.45, 2.75) is 20.3 Å². The van der Waals surface area contributed by atoms with Gasteiger partial charge in [0.25, 0.3) is 0 Å². The van der Waals surface area contributed by atoms with Gasteiger partial charge < -0.3 is 9.84 Å². The minimum Gasteiger partial charge on any atom is -0.494 e. The van der Waals surface area contributed by atoms with Crippen molar-refractivity contribution in [3.63, 3.8) is 0 Å². The van der Waals surface area contributed by atoms with Gasteiger partial charge in [-0.25, -0.2) is 4.39 Å². The summed E-state index contributed by atoms with van der Waals surface area (Å²) in [6.45, 7) is 4.43. The average molecular weight is 338 g/mol. The third-order valence-electron chi connectivity index (χ3n) is 4.28. The molecule has 0 radical (unpaired) electrons. The lowest BCUT2D eigenvalue weighted by atomic mass is 10.0. The van der Waals surface area contributed by atoms with Gasteiger partial charge in [0, 0.05) is 0 Å². The quantitative estimate of drug-likeness (QED) is 0.832. The van der Waals surface area contributed by atoms with Crippen molar-refractivity contribution in [3.05, 3.63) is 70.5 Å². The molecule has 0 unspecified atom stereocenters. The van der Waals surface area contributed by atoms with E-state index in [2.05, 4.69) is 0 Å². The van der Waals surface area contributed by atoms with Gasteiger partial charge in [0.2, 0.25) is 0 Å². The van der Waals surface area contributed by atoms with Crippen molar-refractivity contribution in [2.75, 3.05) is 6.61 Å². The van der Waals surface area contributed by atoms with Crippen molar-refractivity contribution in [2.24, 2.45) is 0 Å². The lowest BCUT2D eigenvalue weighted by Gasteiger charge is -2.06. The van der Waals surface area contributed by atoms with Crippen molar-refractivity contribution >= 4 is 23.2 Å². The van der Waals surface area contributed by atoms with E-state index in [1.165, 1.54) is 12.1 Å². The Morgan fingerprint density at radius 1 is 1.16 bits per heavy atom. The summed E-state index contributed by atoms with van der Waals surface area (Å²) in [4.78, 5) is 11.2. The van der Waals surface area contributed by atoms with E-state index in [1.54, 1.807) is 6.07 Å². The maximum atomic E-state index is 13.7. The number of hydrogen-bond donors (Lipinski definition) is 1. The van der Waals surface area contributed by atoms with Crippen LogP contribution in [0.1, 0.15) is 37.0 Å². The molecule has 0 spiro atoms. The summed E-state index contributed by atoms with van der Waals surface area (Å²) in [5.74, 6) is -0.485. The predicted molar refractivity (Wildman–Crippen MR) is 96.7 cm³/mol. The highest BCUT2D eigenvalue weighted by atomic mass is 19.1. The third kappa shape index (κ3) is 3.48. The van der Waals surface area contributed by atoms with Gasteiger partial charge in [0.15, 0.2) is 0 Å². The van der Waals surface area contributed by atoms with Crippen LogP contribution in [0.5, 0.6) is 5.75 Å². The molecule has 3 rings (SSSR count). The van der Waals surface area contributed by atoms with E-state index in [9.17, 15) is 14.3 Å². The lowest BCUT2D eigenvalue weighted by molar-refractivity contribution is -0.135. The SMILES string of the molecule is CCOc1ccc(/C=C2/C(C)=C(CC(=O)O)c3cc(F)ccc32)cc1. The molecule has 3 nitrogen and oxygen atoms in total. The predicted octanol–water partition coefficient (Wildman–Crippen LogP) is 5.03. The number of carboxylic acid groups (broad SMARTS) is 1. The van der Waals surface area contributed by atoms with Crippen LogP contribution in [0.15, 0.2) is 48.0 Å². The number of rotatable bonds is 5. The molecule has 2 aromatic rings. The zero-order chi connectivity index (χ0) is 18.0. The Labute approximate surface area is 146 Å². The van der Waals surface area contributed by atoms with Crippen LogP contribution in [-0.2, 0) is 4.79 Å². The van der Waals surface area contributed by atoms with Gasteiger partial charge in [0.1, 0.15) is 11.6 Å². The first kappa shape index (κ1) is 17.0. The van der Waals surface area contributed by atoms with Crippen LogP contribution in [0.4, 0.5) is 4.39 Å². The number of fused-ring (bicyclic) bond motifs is 1. The second-order valence-corrected chi connectivity index (χ2v) is 5.92. The Morgan fingerprint density at radius 2 is 1.88 bits per heavy atom. The zero-order valence-corrected chi connectivity index (χ0v) is 14.2. The first-order valence-corrected chi connectivity index (χ1v) is 8.16. The highest BCUT2D eigenvalue weighted by Gasteiger charge is 2.25. The average Bonchev–Trinajstić information content (AvgIpc) is 2.81. The molecular weight excluding hydrogens is 319 g/mol. The minimum absolute atomic E-state index is 0.122. The van der Waals surface area contributed by atoms with Crippen LogP contribution in [-0.4, -0.2) is 17.7 Å². The van der Waals surface area contributed by atoms with E-state index in [-0.39, 0.29) is 12.2 Å². The summed E-state index contributed by atoms with van der Waals surface area (Å²) >= 11 is 0. The fourth-order valence-corrected chi connectivity index (χ4v) is 3.13. The third-order valence-corrected chi connectivity index (χ3v) is 4.28. The number of benzene rings is 2. The number of carboxylic acids is 1. The van der Waals surface area contributed by atoms with E-state index >= 15 is 0 Å². The molecule has 0 heterocycles. The van der Waals surface area contributed by atoms with Gasteiger partial charge in [-0.3, -0.25) is 4.79 Å². The maximum absolute atomic E-state index is 13.7. The Morgan fingerprint density at radius 3 is 2.52 bits per heavy atom. The highest BCUT2D eigenvalue weighted by molar-refractivity contribution is 6.07. The van der Waals surface area contributed by atoms with E-state index in [1.807, 2.05) is 44.2 Å². The molecule has 0 fully saturated rings. The molecule has 1 aliphatic rings. The number of allylic oxidation sites excluding steroid dienone is 2. The Hall–Kier alpha value is -2.88. The van der Waals surface area contributed by atoms with Crippen LogP contribution < -0.4 is 4.74 Å². The summed E-state index contributed by atoms with van der Waals surface area (Å²) < 4.78 is 19.1. The number of halogens is 1. The first-order valence-electron chi connectivity index (χ1n) is 8.16. The zero-order valence-electron chi connectivity index (χ0n) is 14.2. The van der Waals surface area contributed by atoms with Crippen LogP contribution in [0.25, 0.3) is 17.2 Å². The minimum atomic E-state index is -0.924. The standard InChI is InChI=1S/C21H19FO3/c1-3-25-16-7-4-14(5-8-16)10-18-13(2)19(12-21(23)24)20-11-15(22)6-9-17(18)20/h4-11H,3,12H2,1-2H3,(H,23,24)/b18-10-. The molecule has 0 aliphatic heterocycles. The fourth-order valence-electron chi connectivity index (χ4n) is 3.13. The number of aliphatic carboxylic acids is 1. The highest BCUT2D eigenvalue weighted by Crippen LogP contribution is 2.43. The molecular formula is C21H19FO3. The molecule has 0 aromatic heterocycles.